The molecule has 0 saturated heterocycles. The minimum absolute atomic E-state index is 0.0621. The van der Waals surface area contributed by atoms with Crippen molar-refractivity contribution in [2.24, 2.45) is 52.3 Å². The Bertz CT molecular complexity index is 919. The molecule has 0 aromatic carbocycles. The molecule has 0 bridgehead atoms. The molecule has 0 radical (unpaired) electrons. The largest absolute Gasteiger partial charge is 0.462 e. The number of esters is 1. The lowest BCUT2D eigenvalue weighted by Crippen LogP contribution is -2.51. The highest BCUT2D eigenvalue weighted by Crippen LogP contribution is 2.67. The van der Waals surface area contributed by atoms with Crippen LogP contribution in [-0.4, -0.2) is 12.1 Å². The summed E-state index contributed by atoms with van der Waals surface area (Å²) in [4.78, 5) is 12.8. The van der Waals surface area contributed by atoms with Gasteiger partial charge in [0.25, 0.3) is 0 Å². The van der Waals surface area contributed by atoms with Gasteiger partial charge in [-0.1, -0.05) is 137 Å². The van der Waals surface area contributed by atoms with Crippen molar-refractivity contribution in [1.82, 2.24) is 0 Å². The van der Waals surface area contributed by atoms with Crippen LogP contribution in [0, 0.1) is 52.3 Å². The van der Waals surface area contributed by atoms with E-state index in [1.54, 1.807) is 5.57 Å². The van der Waals surface area contributed by atoms with Crippen LogP contribution >= 0.6 is 0 Å². The van der Waals surface area contributed by atoms with Crippen LogP contribution in [0.1, 0.15) is 196 Å². The summed E-state index contributed by atoms with van der Waals surface area (Å²) in [5.74, 6) is 6.18. The molecule has 3 saturated carbocycles. The van der Waals surface area contributed by atoms with E-state index in [-0.39, 0.29) is 12.1 Å². The Hall–Kier alpha value is -0.790. The first-order valence-electron chi connectivity index (χ1n) is 20.5. The van der Waals surface area contributed by atoms with Crippen LogP contribution in [0.3, 0.4) is 0 Å². The van der Waals surface area contributed by atoms with Crippen LogP contribution < -0.4 is 0 Å². The lowest BCUT2D eigenvalue weighted by molar-refractivity contribution is -0.151. The first-order valence-corrected chi connectivity index (χ1v) is 20.5. The van der Waals surface area contributed by atoms with Crippen LogP contribution in [0.2, 0.25) is 0 Å². The smallest absolute Gasteiger partial charge is 0.306 e. The monoisotopic (exact) mass is 625 g/mol. The molecule has 0 aromatic rings. The van der Waals surface area contributed by atoms with Gasteiger partial charge in [-0.15, -0.1) is 0 Å². The van der Waals surface area contributed by atoms with Gasteiger partial charge < -0.3 is 4.74 Å². The van der Waals surface area contributed by atoms with Crippen molar-refractivity contribution in [1.29, 1.82) is 0 Å². The molecule has 2 heteroatoms. The minimum atomic E-state index is 0.0621. The molecule has 0 amide bonds. The molecule has 4 rings (SSSR count). The summed E-state index contributed by atoms with van der Waals surface area (Å²) in [6.07, 6.45) is 32.4. The van der Waals surface area contributed by atoms with Crippen LogP contribution in [0.25, 0.3) is 0 Å². The predicted octanol–water partition coefficient (Wildman–Crippen LogP) is 13.3. The first kappa shape index (κ1) is 37.0. The Balaban J connectivity index is 1.20. The van der Waals surface area contributed by atoms with Crippen molar-refractivity contribution in [2.45, 2.75) is 202 Å². The van der Waals surface area contributed by atoms with Gasteiger partial charge in [-0.2, -0.15) is 0 Å². The number of hydrogen-bond donors (Lipinski definition) is 0. The van der Waals surface area contributed by atoms with Gasteiger partial charge in [-0.3, -0.25) is 4.79 Å². The van der Waals surface area contributed by atoms with Crippen molar-refractivity contribution >= 4 is 5.97 Å². The summed E-state index contributed by atoms with van der Waals surface area (Å²) in [6, 6.07) is 0. The van der Waals surface area contributed by atoms with Crippen LogP contribution in [0.15, 0.2) is 11.6 Å². The van der Waals surface area contributed by atoms with E-state index >= 15 is 0 Å². The van der Waals surface area contributed by atoms with E-state index in [2.05, 4.69) is 54.5 Å². The maximum atomic E-state index is 12.8. The molecule has 0 aliphatic heterocycles. The summed E-state index contributed by atoms with van der Waals surface area (Å²) < 4.78 is 6.12. The zero-order valence-electron chi connectivity index (χ0n) is 31.3. The van der Waals surface area contributed by atoms with Crippen molar-refractivity contribution in [3.05, 3.63) is 11.6 Å². The van der Waals surface area contributed by atoms with Crippen molar-refractivity contribution in [3.63, 3.8) is 0 Å². The molecule has 0 N–H and O–H groups in total. The Labute approximate surface area is 281 Å². The number of carbonyl (C=O) groups excluding carboxylic acids is 1. The van der Waals surface area contributed by atoms with E-state index < -0.39 is 0 Å². The number of carbonyl (C=O) groups is 1. The van der Waals surface area contributed by atoms with Crippen molar-refractivity contribution in [2.75, 3.05) is 0 Å². The number of fused-ring (bicyclic) bond motifs is 5. The van der Waals surface area contributed by atoms with Gasteiger partial charge in [0.2, 0.25) is 0 Å². The molecule has 3 fully saturated rings. The van der Waals surface area contributed by atoms with E-state index in [0.717, 1.165) is 60.7 Å². The van der Waals surface area contributed by atoms with E-state index in [4.69, 9.17) is 4.74 Å². The van der Waals surface area contributed by atoms with Crippen LogP contribution in [0.4, 0.5) is 0 Å². The molecule has 4 aliphatic carbocycles. The van der Waals surface area contributed by atoms with E-state index in [1.807, 2.05) is 0 Å². The highest BCUT2D eigenvalue weighted by atomic mass is 16.5. The molecular weight excluding hydrogens is 548 g/mol. The fourth-order valence-corrected chi connectivity index (χ4v) is 11.6. The first-order chi connectivity index (χ1) is 21.6. The Morgan fingerprint density at radius 3 is 2.13 bits per heavy atom. The summed E-state index contributed by atoms with van der Waals surface area (Å²) in [5.41, 5.74) is 2.52. The number of rotatable bonds is 19. The molecule has 2 nitrogen and oxygen atoms in total. The average Bonchev–Trinajstić information content (AvgIpc) is 3.37. The summed E-state index contributed by atoms with van der Waals surface area (Å²) in [5, 5.41) is 0. The zero-order chi connectivity index (χ0) is 32.5. The predicted molar refractivity (Wildman–Crippen MR) is 193 cm³/mol. The van der Waals surface area contributed by atoms with Gasteiger partial charge in [0.05, 0.1) is 0 Å². The second-order valence-corrected chi connectivity index (χ2v) is 17.6. The topological polar surface area (TPSA) is 26.3 Å². The third kappa shape index (κ3) is 9.22. The zero-order valence-corrected chi connectivity index (χ0v) is 31.3. The second kappa shape index (κ2) is 17.6. The lowest BCUT2D eigenvalue weighted by Gasteiger charge is -2.58. The molecule has 9 atom stereocenters. The number of unbranched alkanes of at least 4 members (excludes halogenated alkanes) is 10. The number of ether oxygens (including phenoxy) is 1. The fraction of sp³-hybridized carbons (Fsp3) is 0.930. The van der Waals surface area contributed by atoms with Crippen LogP contribution in [-0.2, 0) is 9.53 Å². The highest BCUT2D eigenvalue weighted by molar-refractivity contribution is 5.69. The minimum Gasteiger partial charge on any atom is -0.462 e. The molecule has 45 heavy (non-hydrogen) atoms. The standard InChI is InChI=1S/C43H76O2/c1-8-10-11-12-13-14-15-16-17-18-19-20-41(44)45-36-27-29-42(6)35(31-36)23-24-37-39-26-25-38(43(39,7)30-28-40(37)42)33(5)21-22-34(9-2)32(3)4/h23,32-34,36-40H,8-22,24-31H2,1-7H3/t33-,34-,36+,37+,38-,39+,40+,42+,43-/m1/s1. The maximum Gasteiger partial charge on any atom is 0.306 e. The molecule has 0 unspecified atom stereocenters. The maximum absolute atomic E-state index is 12.8. The average molecular weight is 625 g/mol. The molecule has 260 valence electrons. The SMILES string of the molecule is CCCCCCCCCCCCCC(=O)O[C@H]1CC[C@@]2(C)C(=CC[C@H]3[C@@H]4CC[C@H]([C@H](C)CC[C@@H](CC)C(C)C)[C@@]4(C)CC[C@@H]32)C1. The van der Waals surface area contributed by atoms with Gasteiger partial charge in [0, 0.05) is 12.8 Å². The molecular formula is C43H76O2. The van der Waals surface area contributed by atoms with Crippen molar-refractivity contribution < 1.29 is 9.53 Å². The molecule has 0 aromatic heterocycles. The normalized spacial score (nSPS) is 34.0. The van der Waals surface area contributed by atoms with Gasteiger partial charge in [-0.05, 0) is 110 Å². The number of hydrogen-bond acceptors (Lipinski definition) is 2. The summed E-state index contributed by atoms with van der Waals surface area (Å²) in [6.45, 7) is 17.5. The second-order valence-electron chi connectivity index (χ2n) is 17.6. The lowest BCUT2D eigenvalue weighted by atomic mass is 9.47. The van der Waals surface area contributed by atoms with Gasteiger partial charge in [-0.25, -0.2) is 0 Å². The third-order valence-corrected chi connectivity index (χ3v) is 14.6. The Morgan fingerprint density at radius 1 is 0.822 bits per heavy atom. The van der Waals surface area contributed by atoms with E-state index in [1.165, 1.54) is 122 Å². The number of allylic oxidation sites excluding steroid dienone is 1. The Kier molecular flexibility index (Phi) is 14.5. The van der Waals surface area contributed by atoms with Crippen LogP contribution in [0.5, 0.6) is 0 Å². The summed E-state index contributed by atoms with van der Waals surface area (Å²) >= 11 is 0. The third-order valence-electron chi connectivity index (χ3n) is 14.6. The molecule has 4 aliphatic rings. The molecule has 0 heterocycles. The van der Waals surface area contributed by atoms with Gasteiger partial charge in [0.1, 0.15) is 6.10 Å². The van der Waals surface area contributed by atoms with E-state index in [0.29, 0.717) is 17.3 Å². The molecule has 0 spiro atoms. The van der Waals surface area contributed by atoms with Gasteiger partial charge in [0.15, 0.2) is 0 Å². The van der Waals surface area contributed by atoms with Gasteiger partial charge >= 0.3 is 5.97 Å². The quantitative estimate of drug-likeness (QED) is 0.0812. The highest BCUT2D eigenvalue weighted by Gasteiger charge is 2.59. The van der Waals surface area contributed by atoms with E-state index in [9.17, 15) is 4.79 Å². The Morgan fingerprint density at radius 2 is 1.49 bits per heavy atom. The summed E-state index contributed by atoms with van der Waals surface area (Å²) in [7, 11) is 0. The fourth-order valence-electron chi connectivity index (χ4n) is 11.6. The van der Waals surface area contributed by atoms with Crippen molar-refractivity contribution in [3.8, 4) is 0 Å².